The van der Waals surface area contributed by atoms with Crippen LogP contribution in [0.15, 0.2) is 43.0 Å². The molecule has 0 unspecified atom stereocenters. The van der Waals surface area contributed by atoms with Gasteiger partial charge in [-0.25, -0.2) is 0 Å². The highest BCUT2D eigenvalue weighted by Crippen LogP contribution is 2.07. The molecule has 80 valence electrons. The summed E-state index contributed by atoms with van der Waals surface area (Å²) in [6.45, 7) is 3.64. The number of carbonyl (C=O) groups is 1. The van der Waals surface area contributed by atoms with E-state index in [1.807, 2.05) is 36.4 Å². The van der Waals surface area contributed by atoms with Gasteiger partial charge in [-0.3, -0.25) is 4.79 Å². The molecular formula is C13H17NO. The largest absolute Gasteiger partial charge is 0.326 e. The quantitative estimate of drug-likeness (QED) is 0.557. The van der Waals surface area contributed by atoms with E-state index >= 15 is 0 Å². The van der Waals surface area contributed by atoms with Crippen LogP contribution in [-0.2, 0) is 4.79 Å². The van der Waals surface area contributed by atoms with Gasteiger partial charge in [-0.15, -0.1) is 6.58 Å². The number of anilines is 1. The predicted molar refractivity (Wildman–Crippen MR) is 63.7 cm³/mol. The van der Waals surface area contributed by atoms with Crippen LogP contribution in [-0.4, -0.2) is 5.91 Å². The molecule has 0 atom stereocenters. The molecule has 0 aromatic heterocycles. The van der Waals surface area contributed by atoms with Crippen LogP contribution in [0.2, 0.25) is 0 Å². The third-order valence-electron chi connectivity index (χ3n) is 2.12. The highest BCUT2D eigenvalue weighted by molar-refractivity contribution is 5.90. The maximum Gasteiger partial charge on any atom is 0.224 e. The van der Waals surface area contributed by atoms with E-state index in [2.05, 4.69) is 11.9 Å². The lowest BCUT2D eigenvalue weighted by Gasteiger charge is -2.03. The van der Waals surface area contributed by atoms with Crippen LogP contribution in [0.4, 0.5) is 5.69 Å². The zero-order valence-electron chi connectivity index (χ0n) is 8.91. The first-order valence-electron chi connectivity index (χ1n) is 5.28. The summed E-state index contributed by atoms with van der Waals surface area (Å²) in [5.74, 6) is 0.0882. The third-order valence-corrected chi connectivity index (χ3v) is 2.12. The van der Waals surface area contributed by atoms with Gasteiger partial charge in [-0.05, 0) is 31.4 Å². The summed E-state index contributed by atoms with van der Waals surface area (Å²) >= 11 is 0. The monoisotopic (exact) mass is 203 g/mol. The fourth-order valence-electron chi connectivity index (χ4n) is 1.32. The van der Waals surface area contributed by atoms with Gasteiger partial charge in [0.2, 0.25) is 5.91 Å². The average molecular weight is 203 g/mol. The molecule has 15 heavy (non-hydrogen) atoms. The second-order valence-corrected chi connectivity index (χ2v) is 3.45. The molecule has 1 N–H and O–H groups in total. The molecular weight excluding hydrogens is 186 g/mol. The van der Waals surface area contributed by atoms with Crippen molar-refractivity contribution in [1.29, 1.82) is 0 Å². The number of nitrogens with one attached hydrogen (secondary N) is 1. The predicted octanol–water partition coefficient (Wildman–Crippen LogP) is 3.37. The standard InChI is InChI=1S/C13H17NO/c1-2-3-4-8-11-13(15)14-12-9-6-5-7-10-12/h2,5-7,9-10H,1,3-4,8,11H2,(H,14,15). The molecule has 1 aromatic carbocycles. The highest BCUT2D eigenvalue weighted by Gasteiger charge is 2.00. The van der Waals surface area contributed by atoms with Gasteiger partial charge in [-0.1, -0.05) is 24.3 Å². The Labute approximate surface area is 91.0 Å². The highest BCUT2D eigenvalue weighted by atomic mass is 16.1. The minimum atomic E-state index is 0.0882. The van der Waals surface area contributed by atoms with Crippen LogP contribution in [0.3, 0.4) is 0 Å². The van der Waals surface area contributed by atoms with Crippen LogP contribution in [0, 0.1) is 0 Å². The minimum absolute atomic E-state index is 0.0882. The number of amides is 1. The van der Waals surface area contributed by atoms with Gasteiger partial charge in [0.05, 0.1) is 0 Å². The Morgan fingerprint density at radius 3 is 2.67 bits per heavy atom. The molecule has 1 rings (SSSR count). The molecule has 1 aromatic rings. The summed E-state index contributed by atoms with van der Waals surface area (Å²) in [5, 5.41) is 2.85. The summed E-state index contributed by atoms with van der Waals surface area (Å²) in [7, 11) is 0. The zero-order valence-corrected chi connectivity index (χ0v) is 8.91. The van der Waals surface area contributed by atoms with E-state index in [1.54, 1.807) is 0 Å². The molecule has 0 bridgehead atoms. The summed E-state index contributed by atoms with van der Waals surface area (Å²) in [5.41, 5.74) is 0.867. The van der Waals surface area contributed by atoms with Crippen LogP contribution < -0.4 is 5.32 Å². The summed E-state index contributed by atoms with van der Waals surface area (Å²) in [4.78, 5) is 11.4. The van der Waals surface area contributed by atoms with Crippen molar-refractivity contribution in [2.24, 2.45) is 0 Å². The van der Waals surface area contributed by atoms with Crippen molar-refractivity contribution >= 4 is 11.6 Å². The van der Waals surface area contributed by atoms with Crippen LogP contribution in [0.5, 0.6) is 0 Å². The van der Waals surface area contributed by atoms with E-state index in [9.17, 15) is 4.79 Å². The van der Waals surface area contributed by atoms with Crippen LogP contribution in [0.1, 0.15) is 25.7 Å². The molecule has 0 heterocycles. The number of carbonyl (C=O) groups excluding carboxylic acids is 1. The second-order valence-electron chi connectivity index (χ2n) is 3.45. The van der Waals surface area contributed by atoms with Gasteiger partial charge in [0, 0.05) is 12.1 Å². The van der Waals surface area contributed by atoms with Gasteiger partial charge < -0.3 is 5.32 Å². The molecule has 2 nitrogen and oxygen atoms in total. The number of benzene rings is 1. The van der Waals surface area contributed by atoms with E-state index in [4.69, 9.17) is 0 Å². The number of allylic oxidation sites excluding steroid dienone is 1. The van der Waals surface area contributed by atoms with E-state index in [0.29, 0.717) is 6.42 Å². The third kappa shape index (κ3) is 5.01. The minimum Gasteiger partial charge on any atom is -0.326 e. The first-order chi connectivity index (χ1) is 7.33. The lowest BCUT2D eigenvalue weighted by molar-refractivity contribution is -0.116. The van der Waals surface area contributed by atoms with Crippen molar-refractivity contribution < 1.29 is 4.79 Å². The summed E-state index contributed by atoms with van der Waals surface area (Å²) in [6.07, 6.45) is 5.41. The molecule has 0 aliphatic rings. The molecule has 2 heteroatoms. The van der Waals surface area contributed by atoms with Crippen molar-refractivity contribution in [3.63, 3.8) is 0 Å². The van der Waals surface area contributed by atoms with Gasteiger partial charge in [-0.2, -0.15) is 0 Å². The second kappa shape index (κ2) is 6.82. The SMILES string of the molecule is C=CCCCCC(=O)Nc1ccccc1. The smallest absolute Gasteiger partial charge is 0.224 e. The van der Waals surface area contributed by atoms with Gasteiger partial charge >= 0.3 is 0 Å². The van der Waals surface area contributed by atoms with E-state index in [0.717, 1.165) is 24.9 Å². The normalized spacial score (nSPS) is 9.60. The molecule has 0 aliphatic heterocycles. The van der Waals surface area contributed by atoms with Gasteiger partial charge in [0.1, 0.15) is 0 Å². The van der Waals surface area contributed by atoms with Crippen LogP contribution >= 0.6 is 0 Å². The van der Waals surface area contributed by atoms with Crippen LogP contribution in [0.25, 0.3) is 0 Å². The molecule has 0 saturated carbocycles. The Kier molecular flexibility index (Phi) is 5.23. The number of para-hydroxylation sites is 1. The number of hydrogen-bond acceptors (Lipinski definition) is 1. The van der Waals surface area contributed by atoms with Gasteiger partial charge in [0.15, 0.2) is 0 Å². The molecule has 0 radical (unpaired) electrons. The summed E-state index contributed by atoms with van der Waals surface area (Å²) < 4.78 is 0. The van der Waals surface area contributed by atoms with Crippen molar-refractivity contribution in [3.05, 3.63) is 43.0 Å². The molecule has 0 fully saturated rings. The Morgan fingerprint density at radius 1 is 1.27 bits per heavy atom. The van der Waals surface area contributed by atoms with Crippen molar-refractivity contribution in [2.75, 3.05) is 5.32 Å². The maximum atomic E-state index is 11.4. The maximum absolute atomic E-state index is 11.4. The van der Waals surface area contributed by atoms with Gasteiger partial charge in [0.25, 0.3) is 0 Å². The topological polar surface area (TPSA) is 29.1 Å². The fraction of sp³-hybridized carbons (Fsp3) is 0.308. The Bertz CT molecular complexity index is 306. The van der Waals surface area contributed by atoms with E-state index in [-0.39, 0.29) is 5.91 Å². The van der Waals surface area contributed by atoms with Crippen molar-refractivity contribution in [2.45, 2.75) is 25.7 Å². The summed E-state index contributed by atoms with van der Waals surface area (Å²) in [6, 6.07) is 9.53. The first-order valence-corrected chi connectivity index (χ1v) is 5.28. The Morgan fingerprint density at radius 2 is 2.00 bits per heavy atom. The molecule has 1 amide bonds. The fourth-order valence-corrected chi connectivity index (χ4v) is 1.32. The van der Waals surface area contributed by atoms with Crippen molar-refractivity contribution in [1.82, 2.24) is 0 Å². The zero-order chi connectivity index (χ0) is 10.9. The van der Waals surface area contributed by atoms with Crippen molar-refractivity contribution in [3.8, 4) is 0 Å². The molecule has 0 aliphatic carbocycles. The van der Waals surface area contributed by atoms with E-state index in [1.165, 1.54) is 0 Å². The number of unbranched alkanes of at least 4 members (excludes halogenated alkanes) is 2. The molecule has 0 saturated heterocycles. The molecule has 0 spiro atoms. The average Bonchev–Trinajstić information content (AvgIpc) is 2.26. The lowest BCUT2D eigenvalue weighted by Crippen LogP contribution is -2.10. The van der Waals surface area contributed by atoms with E-state index < -0.39 is 0 Å². The Balaban J connectivity index is 2.22. The lowest BCUT2D eigenvalue weighted by atomic mass is 10.2. The Hall–Kier alpha value is -1.57. The number of hydrogen-bond donors (Lipinski definition) is 1. The number of rotatable bonds is 6. The first kappa shape index (κ1) is 11.5.